The van der Waals surface area contributed by atoms with Gasteiger partial charge in [-0.3, -0.25) is 0 Å². The lowest BCUT2D eigenvalue weighted by atomic mass is 9.94. The summed E-state index contributed by atoms with van der Waals surface area (Å²) >= 11 is 11.9. The highest BCUT2D eigenvalue weighted by Gasteiger charge is 2.19. The van der Waals surface area contributed by atoms with E-state index in [-0.39, 0.29) is 12.1 Å². The highest BCUT2D eigenvalue weighted by atomic mass is 35.5. The zero-order valence-corrected chi connectivity index (χ0v) is 16.8. The highest BCUT2D eigenvalue weighted by molar-refractivity contribution is 6.35. The molecule has 0 bridgehead atoms. The summed E-state index contributed by atoms with van der Waals surface area (Å²) in [4.78, 5) is 0. The van der Waals surface area contributed by atoms with Crippen molar-refractivity contribution in [1.82, 2.24) is 5.32 Å². The number of β-amino-alcohol motifs (C(OH)–C–C–N with tert-alkyl or cyclic N) is 1. The molecule has 6 heteroatoms. The van der Waals surface area contributed by atoms with Gasteiger partial charge in [-0.25, -0.2) is 0 Å². The molecule has 0 aliphatic carbocycles. The van der Waals surface area contributed by atoms with E-state index in [9.17, 15) is 5.11 Å². The predicted octanol–water partition coefficient (Wildman–Crippen LogP) is 4.35. The SMILES string of the molecule is COc1ccc(CC(C)(C)NCC(O)COc2ccc(Cl)cc2Cl)cc1. The Balaban J connectivity index is 1.79. The van der Waals surface area contributed by atoms with Gasteiger partial charge in [-0.2, -0.15) is 0 Å². The summed E-state index contributed by atoms with van der Waals surface area (Å²) in [6, 6.07) is 13.0. The fourth-order valence-electron chi connectivity index (χ4n) is 2.55. The average molecular weight is 398 g/mol. The Hall–Kier alpha value is -1.46. The zero-order chi connectivity index (χ0) is 19.2. The van der Waals surface area contributed by atoms with Crippen molar-refractivity contribution in [2.45, 2.75) is 31.9 Å². The molecule has 142 valence electrons. The topological polar surface area (TPSA) is 50.7 Å². The zero-order valence-electron chi connectivity index (χ0n) is 15.3. The molecule has 0 aliphatic heterocycles. The van der Waals surface area contributed by atoms with Crippen LogP contribution in [0.25, 0.3) is 0 Å². The van der Waals surface area contributed by atoms with Crippen LogP contribution in [0.5, 0.6) is 11.5 Å². The maximum absolute atomic E-state index is 10.2. The number of aliphatic hydroxyl groups is 1. The van der Waals surface area contributed by atoms with E-state index in [4.69, 9.17) is 32.7 Å². The van der Waals surface area contributed by atoms with E-state index in [2.05, 4.69) is 19.2 Å². The van der Waals surface area contributed by atoms with E-state index in [1.165, 1.54) is 5.56 Å². The van der Waals surface area contributed by atoms with Gasteiger partial charge in [0.15, 0.2) is 0 Å². The van der Waals surface area contributed by atoms with Crippen molar-refractivity contribution < 1.29 is 14.6 Å². The number of hydrogen-bond acceptors (Lipinski definition) is 4. The Kier molecular flexibility index (Phi) is 7.59. The number of methoxy groups -OCH3 is 1. The highest BCUT2D eigenvalue weighted by Crippen LogP contribution is 2.27. The molecule has 0 saturated heterocycles. The van der Waals surface area contributed by atoms with Gasteiger partial charge in [0.1, 0.15) is 24.2 Å². The number of ether oxygens (including phenoxy) is 2. The Morgan fingerprint density at radius 1 is 1.12 bits per heavy atom. The van der Waals surface area contributed by atoms with Crippen molar-refractivity contribution >= 4 is 23.2 Å². The lowest BCUT2D eigenvalue weighted by Gasteiger charge is -2.28. The number of rotatable bonds is 9. The van der Waals surface area contributed by atoms with Crippen molar-refractivity contribution in [3.8, 4) is 11.5 Å². The minimum absolute atomic E-state index is 0.146. The van der Waals surface area contributed by atoms with Crippen LogP contribution in [0.2, 0.25) is 10.0 Å². The molecule has 0 heterocycles. The summed E-state index contributed by atoms with van der Waals surface area (Å²) in [5.41, 5.74) is 1.02. The second-order valence-corrected chi connectivity index (χ2v) is 7.67. The molecule has 0 aliphatic rings. The monoisotopic (exact) mass is 397 g/mol. The van der Waals surface area contributed by atoms with Crippen LogP contribution in [0, 0.1) is 0 Å². The summed E-state index contributed by atoms with van der Waals surface area (Å²) in [6.07, 6.45) is 0.171. The number of halogens is 2. The van der Waals surface area contributed by atoms with Gasteiger partial charge in [0.2, 0.25) is 0 Å². The van der Waals surface area contributed by atoms with Crippen LogP contribution in [0.3, 0.4) is 0 Å². The summed E-state index contributed by atoms with van der Waals surface area (Å²) in [5.74, 6) is 1.35. The van der Waals surface area contributed by atoms with Gasteiger partial charge in [-0.15, -0.1) is 0 Å². The first-order valence-electron chi connectivity index (χ1n) is 8.43. The number of benzene rings is 2. The van der Waals surface area contributed by atoms with Gasteiger partial charge >= 0.3 is 0 Å². The first-order valence-corrected chi connectivity index (χ1v) is 9.18. The molecular formula is C20H25Cl2NO3. The molecular weight excluding hydrogens is 373 g/mol. The molecule has 0 radical (unpaired) electrons. The Labute approximate surface area is 165 Å². The first kappa shape index (κ1) is 20.8. The molecule has 2 N–H and O–H groups in total. The molecule has 1 unspecified atom stereocenters. The maximum atomic E-state index is 10.2. The molecule has 2 aromatic rings. The van der Waals surface area contributed by atoms with Crippen LogP contribution < -0.4 is 14.8 Å². The quantitative estimate of drug-likeness (QED) is 0.659. The molecule has 2 rings (SSSR count). The van der Waals surface area contributed by atoms with Crippen molar-refractivity contribution in [3.05, 3.63) is 58.1 Å². The average Bonchev–Trinajstić information content (AvgIpc) is 2.60. The molecule has 0 aromatic heterocycles. The molecule has 4 nitrogen and oxygen atoms in total. The lowest BCUT2D eigenvalue weighted by molar-refractivity contribution is 0.0989. The summed E-state index contributed by atoms with van der Waals surface area (Å²) < 4.78 is 10.7. The van der Waals surface area contributed by atoms with Crippen LogP contribution in [-0.4, -0.2) is 37.0 Å². The molecule has 26 heavy (non-hydrogen) atoms. The van der Waals surface area contributed by atoms with Gasteiger partial charge in [0.05, 0.1) is 12.1 Å². The van der Waals surface area contributed by atoms with E-state index in [1.807, 2.05) is 24.3 Å². The van der Waals surface area contributed by atoms with Crippen molar-refractivity contribution in [2.24, 2.45) is 0 Å². The molecule has 0 fully saturated rings. The Morgan fingerprint density at radius 2 is 1.81 bits per heavy atom. The molecule has 0 amide bonds. The minimum atomic E-state index is -0.656. The van der Waals surface area contributed by atoms with Crippen molar-refractivity contribution in [2.75, 3.05) is 20.3 Å². The Bertz CT molecular complexity index is 705. The van der Waals surface area contributed by atoms with Gasteiger partial charge < -0.3 is 19.9 Å². The van der Waals surface area contributed by atoms with E-state index in [0.717, 1.165) is 12.2 Å². The van der Waals surface area contributed by atoms with Crippen LogP contribution in [-0.2, 0) is 6.42 Å². The third-order valence-electron chi connectivity index (χ3n) is 3.95. The van der Waals surface area contributed by atoms with Gasteiger partial charge in [0.25, 0.3) is 0 Å². The molecule has 0 spiro atoms. The maximum Gasteiger partial charge on any atom is 0.138 e. The largest absolute Gasteiger partial charge is 0.497 e. The number of nitrogens with one attached hydrogen (secondary N) is 1. The predicted molar refractivity (Wildman–Crippen MR) is 107 cm³/mol. The van der Waals surface area contributed by atoms with Crippen LogP contribution in [0.15, 0.2) is 42.5 Å². The standard InChI is InChI=1S/C20H25Cl2NO3/c1-20(2,11-14-4-7-17(25-3)8-5-14)23-12-16(24)13-26-19-9-6-15(21)10-18(19)22/h4-10,16,23-24H,11-13H2,1-3H3. The second kappa shape index (κ2) is 9.47. The van der Waals surface area contributed by atoms with Crippen molar-refractivity contribution in [3.63, 3.8) is 0 Å². The second-order valence-electron chi connectivity index (χ2n) is 6.83. The van der Waals surface area contributed by atoms with Gasteiger partial charge in [0, 0.05) is 17.1 Å². The van der Waals surface area contributed by atoms with Gasteiger partial charge in [-0.1, -0.05) is 35.3 Å². The fourth-order valence-corrected chi connectivity index (χ4v) is 3.01. The molecule has 2 aromatic carbocycles. The third-order valence-corrected chi connectivity index (χ3v) is 4.48. The van der Waals surface area contributed by atoms with E-state index >= 15 is 0 Å². The lowest BCUT2D eigenvalue weighted by Crippen LogP contribution is -2.46. The van der Waals surface area contributed by atoms with Crippen molar-refractivity contribution in [1.29, 1.82) is 0 Å². The summed E-state index contributed by atoms with van der Waals surface area (Å²) in [5, 5.41) is 14.5. The summed E-state index contributed by atoms with van der Waals surface area (Å²) in [6.45, 7) is 4.75. The van der Waals surface area contributed by atoms with Crippen LogP contribution in [0.4, 0.5) is 0 Å². The van der Waals surface area contributed by atoms with Gasteiger partial charge in [-0.05, 0) is 56.2 Å². The minimum Gasteiger partial charge on any atom is -0.497 e. The molecule has 1 atom stereocenters. The van der Waals surface area contributed by atoms with E-state index in [0.29, 0.717) is 22.3 Å². The summed E-state index contributed by atoms with van der Waals surface area (Å²) in [7, 11) is 1.65. The third kappa shape index (κ3) is 6.69. The molecule has 0 saturated carbocycles. The number of hydrogen-bond donors (Lipinski definition) is 2. The van der Waals surface area contributed by atoms with E-state index in [1.54, 1.807) is 25.3 Å². The Morgan fingerprint density at radius 3 is 2.42 bits per heavy atom. The van der Waals surface area contributed by atoms with Crippen LogP contribution in [0.1, 0.15) is 19.4 Å². The van der Waals surface area contributed by atoms with Crippen LogP contribution >= 0.6 is 23.2 Å². The van der Waals surface area contributed by atoms with E-state index < -0.39 is 6.10 Å². The normalized spacial score (nSPS) is 12.7. The smallest absolute Gasteiger partial charge is 0.138 e. The first-order chi connectivity index (χ1) is 12.3. The number of aliphatic hydroxyl groups excluding tert-OH is 1. The fraction of sp³-hybridized carbons (Fsp3) is 0.400.